The van der Waals surface area contributed by atoms with E-state index in [2.05, 4.69) is 5.32 Å². The monoisotopic (exact) mass is 360 g/mol. The maximum absolute atomic E-state index is 12.5. The zero-order chi connectivity index (χ0) is 19.1. The van der Waals surface area contributed by atoms with Crippen molar-refractivity contribution in [3.63, 3.8) is 0 Å². The second-order valence-electron chi connectivity index (χ2n) is 6.36. The minimum atomic E-state index is -0.967. The number of carboxylic acids is 1. The Morgan fingerprint density at radius 1 is 1.27 bits per heavy atom. The Morgan fingerprint density at radius 2 is 1.96 bits per heavy atom. The third-order valence-corrected chi connectivity index (χ3v) is 3.64. The van der Waals surface area contributed by atoms with E-state index < -0.39 is 17.9 Å². The van der Waals surface area contributed by atoms with Gasteiger partial charge in [-0.3, -0.25) is 9.59 Å². The summed E-state index contributed by atoms with van der Waals surface area (Å²) in [6.07, 6.45) is -0.159. The predicted molar refractivity (Wildman–Crippen MR) is 96.3 cm³/mol. The van der Waals surface area contributed by atoms with Crippen molar-refractivity contribution in [2.75, 3.05) is 20.6 Å². The summed E-state index contributed by atoms with van der Waals surface area (Å²) in [5.41, 5.74) is 0.674. The Kier molecular flexibility index (Phi) is 6.80. The normalized spacial score (nSPS) is 12.0. The molecule has 1 heterocycles. The summed E-state index contributed by atoms with van der Waals surface area (Å²) in [5, 5.41) is 11.7. The molecule has 2 rings (SSSR count). The van der Waals surface area contributed by atoms with E-state index in [0.717, 1.165) is 0 Å². The van der Waals surface area contributed by atoms with Gasteiger partial charge in [0.15, 0.2) is 5.76 Å². The number of carboxylic acid groups (broad SMARTS) is 1. The second kappa shape index (κ2) is 9.05. The standard InChI is InChI=1S/C19H24N2O5/c1-13-9-16(12-25-15-7-5-4-6-8-15)26-18(13)19(24)20-14(10-17(22)23)11-21(2)3/h4-9,14H,10-12H2,1-3H3,(H,20,24)(H,22,23)/t14-/m1/s1. The van der Waals surface area contributed by atoms with Crippen LogP contribution in [0.1, 0.15) is 28.3 Å². The molecule has 1 aromatic carbocycles. The molecule has 0 bridgehead atoms. The number of aryl methyl sites for hydroxylation is 1. The molecule has 1 amide bonds. The van der Waals surface area contributed by atoms with Crippen molar-refractivity contribution in [2.24, 2.45) is 0 Å². The number of amides is 1. The molecule has 0 aliphatic heterocycles. The van der Waals surface area contributed by atoms with Crippen LogP contribution in [-0.2, 0) is 11.4 Å². The summed E-state index contributed by atoms with van der Waals surface area (Å²) in [6.45, 7) is 2.39. The van der Waals surface area contributed by atoms with E-state index in [-0.39, 0.29) is 18.8 Å². The number of carbonyl (C=O) groups excluding carboxylic acids is 1. The van der Waals surface area contributed by atoms with Gasteiger partial charge in [-0.15, -0.1) is 0 Å². The molecular formula is C19H24N2O5. The summed E-state index contributed by atoms with van der Waals surface area (Å²) in [5.74, 6) is 0.0107. The van der Waals surface area contributed by atoms with Crippen LogP contribution in [-0.4, -0.2) is 48.6 Å². The lowest BCUT2D eigenvalue weighted by molar-refractivity contribution is -0.137. The first-order valence-electron chi connectivity index (χ1n) is 8.29. The predicted octanol–water partition coefficient (Wildman–Crippen LogP) is 2.30. The Bertz CT molecular complexity index is 740. The summed E-state index contributed by atoms with van der Waals surface area (Å²) in [6, 6.07) is 10.5. The number of hydrogen-bond acceptors (Lipinski definition) is 5. The van der Waals surface area contributed by atoms with Crippen LogP contribution in [0.15, 0.2) is 40.8 Å². The zero-order valence-corrected chi connectivity index (χ0v) is 15.2. The Balaban J connectivity index is 2.01. The van der Waals surface area contributed by atoms with E-state index in [1.54, 1.807) is 13.0 Å². The Hall–Kier alpha value is -2.80. The van der Waals surface area contributed by atoms with Crippen molar-refractivity contribution >= 4 is 11.9 Å². The van der Waals surface area contributed by atoms with Crippen molar-refractivity contribution in [3.05, 3.63) is 53.5 Å². The molecule has 140 valence electrons. The maximum atomic E-state index is 12.5. The van der Waals surface area contributed by atoms with Crippen LogP contribution < -0.4 is 10.1 Å². The lowest BCUT2D eigenvalue weighted by atomic mass is 10.2. The fourth-order valence-corrected chi connectivity index (χ4v) is 2.58. The first-order chi connectivity index (χ1) is 12.3. The Morgan fingerprint density at radius 3 is 2.58 bits per heavy atom. The maximum Gasteiger partial charge on any atom is 0.305 e. The quantitative estimate of drug-likeness (QED) is 0.713. The first kappa shape index (κ1) is 19.5. The van der Waals surface area contributed by atoms with Gasteiger partial charge < -0.3 is 24.5 Å². The van der Waals surface area contributed by atoms with Crippen LogP contribution in [0.3, 0.4) is 0 Å². The molecular weight excluding hydrogens is 336 g/mol. The van der Waals surface area contributed by atoms with Crippen LogP contribution in [0, 0.1) is 6.92 Å². The SMILES string of the molecule is Cc1cc(COc2ccccc2)oc1C(=O)N[C@H](CC(=O)O)CN(C)C. The average Bonchev–Trinajstić information content (AvgIpc) is 2.93. The number of nitrogens with zero attached hydrogens (tertiary/aromatic N) is 1. The van der Waals surface area contributed by atoms with Crippen molar-refractivity contribution < 1.29 is 23.8 Å². The van der Waals surface area contributed by atoms with Gasteiger partial charge in [-0.25, -0.2) is 0 Å². The largest absolute Gasteiger partial charge is 0.486 e. The van der Waals surface area contributed by atoms with Crippen LogP contribution in [0.2, 0.25) is 0 Å². The lowest BCUT2D eigenvalue weighted by Crippen LogP contribution is -2.43. The molecule has 1 aromatic heterocycles. The highest BCUT2D eigenvalue weighted by atomic mass is 16.5. The van der Waals surface area contributed by atoms with Gasteiger partial charge in [0.25, 0.3) is 5.91 Å². The van der Waals surface area contributed by atoms with E-state index in [9.17, 15) is 9.59 Å². The zero-order valence-electron chi connectivity index (χ0n) is 15.2. The minimum Gasteiger partial charge on any atom is -0.486 e. The molecule has 2 N–H and O–H groups in total. The highest BCUT2D eigenvalue weighted by Gasteiger charge is 2.22. The first-order valence-corrected chi connectivity index (χ1v) is 8.29. The van der Waals surface area contributed by atoms with Crippen LogP contribution in [0.4, 0.5) is 0 Å². The number of carbonyl (C=O) groups is 2. The number of para-hydroxylation sites is 1. The van der Waals surface area contributed by atoms with Gasteiger partial charge >= 0.3 is 5.97 Å². The molecule has 1 atom stereocenters. The lowest BCUT2D eigenvalue weighted by Gasteiger charge is -2.20. The molecule has 0 radical (unpaired) electrons. The average molecular weight is 360 g/mol. The second-order valence-corrected chi connectivity index (χ2v) is 6.36. The molecule has 0 saturated heterocycles. The highest BCUT2D eigenvalue weighted by molar-refractivity contribution is 5.93. The van der Waals surface area contributed by atoms with Crippen molar-refractivity contribution in [3.8, 4) is 5.75 Å². The summed E-state index contributed by atoms with van der Waals surface area (Å²) in [7, 11) is 3.64. The van der Waals surface area contributed by atoms with E-state index in [1.165, 1.54) is 0 Å². The number of aliphatic carboxylic acids is 1. The number of benzene rings is 1. The molecule has 0 unspecified atom stereocenters. The van der Waals surface area contributed by atoms with Crippen molar-refractivity contribution in [1.82, 2.24) is 10.2 Å². The van der Waals surface area contributed by atoms with Gasteiger partial charge in [0.05, 0.1) is 12.5 Å². The smallest absolute Gasteiger partial charge is 0.305 e. The third kappa shape index (κ3) is 5.93. The third-order valence-electron chi connectivity index (χ3n) is 3.64. The number of ether oxygens (including phenoxy) is 1. The topological polar surface area (TPSA) is 92.0 Å². The van der Waals surface area contributed by atoms with Gasteiger partial charge in [0.2, 0.25) is 0 Å². The molecule has 7 heteroatoms. The number of furan rings is 1. The number of hydrogen-bond donors (Lipinski definition) is 2. The van der Waals surface area contributed by atoms with Gasteiger partial charge in [0, 0.05) is 12.1 Å². The van der Waals surface area contributed by atoms with Crippen LogP contribution in [0.25, 0.3) is 0 Å². The molecule has 2 aromatic rings. The molecule has 0 fully saturated rings. The summed E-state index contributed by atoms with van der Waals surface area (Å²) >= 11 is 0. The van der Waals surface area contributed by atoms with Crippen molar-refractivity contribution in [1.29, 1.82) is 0 Å². The molecule has 26 heavy (non-hydrogen) atoms. The Labute approximate surface area is 152 Å². The molecule has 7 nitrogen and oxygen atoms in total. The molecule has 0 aliphatic carbocycles. The van der Waals surface area contributed by atoms with E-state index in [0.29, 0.717) is 23.6 Å². The summed E-state index contributed by atoms with van der Waals surface area (Å²) < 4.78 is 11.2. The van der Waals surface area contributed by atoms with Crippen LogP contribution in [0.5, 0.6) is 5.75 Å². The van der Waals surface area contributed by atoms with Crippen LogP contribution >= 0.6 is 0 Å². The van der Waals surface area contributed by atoms with Gasteiger partial charge in [-0.2, -0.15) is 0 Å². The summed E-state index contributed by atoms with van der Waals surface area (Å²) in [4.78, 5) is 25.3. The number of nitrogens with one attached hydrogen (secondary N) is 1. The van der Waals surface area contributed by atoms with Gasteiger partial charge in [-0.1, -0.05) is 18.2 Å². The fourth-order valence-electron chi connectivity index (χ4n) is 2.58. The number of likely N-dealkylation sites (N-methyl/N-ethyl adjacent to an activating group) is 1. The highest BCUT2D eigenvalue weighted by Crippen LogP contribution is 2.18. The number of rotatable bonds is 9. The molecule has 0 saturated carbocycles. The van der Waals surface area contributed by atoms with Gasteiger partial charge in [0.1, 0.15) is 18.1 Å². The molecule has 0 spiro atoms. The fraction of sp³-hybridized carbons (Fsp3) is 0.368. The molecule has 0 aliphatic rings. The van der Waals surface area contributed by atoms with E-state index in [4.69, 9.17) is 14.3 Å². The van der Waals surface area contributed by atoms with E-state index >= 15 is 0 Å². The van der Waals surface area contributed by atoms with Crippen molar-refractivity contribution in [2.45, 2.75) is 26.0 Å². The van der Waals surface area contributed by atoms with Gasteiger partial charge in [-0.05, 0) is 39.2 Å². The van der Waals surface area contributed by atoms with E-state index in [1.807, 2.05) is 49.3 Å². The minimum absolute atomic E-state index is 0.159.